The molecule has 0 unspecified atom stereocenters. The van der Waals surface area contributed by atoms with Crippen molar-refractivity contribution >= 4 is 16.6 Å². The zero-order chi connectivity index (χ0) is 16.4. The number of hydrogen-bond acceptors (Lipinski definition) is 3. The summed E-state index contributed by atoms with van der Waals surface area (Å²) in [6, 6.07) is 12.2. The number of benzene rings is 2. The van der Waals surface area contributed by atoms with Gasteiger partial charge in [0.05, 0.1) is 25.2 Å². The Labute approximate surface area is 132 Å². The highest BCUT2D eigenvalue weighted by Crippen LogP contribution is 2.18. The molecule has 0 saturated carbocycles. The fraction of sp³-hybridized carbons (Fsp3) is 0.111. The van der Waals surface area contributed by atoms with E-state index in [1.54, 1.807) is 31.5 Å². The molecule has 1 heterocycles. The van der Waals surface area contributed by atoms with Gasteiger partial charge in [0, 0.05) is 10.9 Å². The van der Waals surface area contributed by atoms with Gasteiger partial charge in [-0.1, -0.05) is 24.8 Å². The highest BCUT2D eigenvalue weighted by atomic mass is 19.1. The number of ether oxygens (including phenoxy) is 1. The van der Waals surface area contributed by atoms with E-state index in [9.17, 15) is 9.18 Å². The first-order valence-corrected chi connectivity index (χ1v) is 7.06. The van der Waals surface area contributed by atoms with Crippen molar-refractivity contribution in [3.63, 3.8) is 0 Å². The summed E-state index contributed by atoms with van der Waals surface area (Å²) in [6.07, 6.45) is 1.56. The summed E-state index contributed by atoms with van der Waals surface area (Å²) in [5.41, 5.74) is 1.08. The fourth-order valence-corrected chi connectivity index (χ4v) is 2.37. The van der Waals surface area contributed by atoms with Crippen LogP contribution in [0.1, 0.15) is 11.1 Å². The van der Waals surface area contributed by atoms with Crippen LogP contribution in [0.5, 0.6) is 5.75 Å². The van der Waals surface area contributed by atoms with Gasteiger partial charge in [-0.25, -0.2) is 9.07 Å². The first-order valence-electron chi connectivity index (χ1n) is 7.06. The minimum Gasteiger partial charge on any atom is -0.497 e. The van der Waals surface area contributed by atoms with E-state index in [1.807, 2.05) is 24.3 Å². The Morgan fingerprint density at radius 1 is 1.26 bits per heavy atom. The van der Waals surface area contributed by atoms with E-state index in [0.29, 0.717) is 22.9 Å². The predicted octanol–water partition coefficient (Wildman–Crippen LogP) is 3.39. The van der Waals surface area contributed by atoms with Crippen LogP contribution in [0.25, 0.3) is 16.6 Å². The summed E-state index contributed by atoms with van der Waals surface area (Å²) < 4.78 is 19.7. The largest absolute Gasteiger partial charge is 0.497 e. The first-order chi connectivity index (χ1) is 11.1. The molecule has 3 aromatic rings. The lowest BCUT2D eigenvalue weighted by Gasteiger charge is -2.07. The van der Waals surface area contributed by atoms with Gasteiger partial charge in [-0.05, 0) is 29.8 Å². The molecule has 116 valence electrons. The summed E-state index contributed by atoms with van der Waals surface area (Å²) >= 11 is 0. The van der Waals surface area contributed by atoms with Crippen molar-refractivity contribution in [3.8, 4) is 5.75 Å². The highest BCUT2D eigenvalue weighted by molar-refractivity contribution is 5.83. The number of halogens is 1. The van der Waals surface area contributed by atoms with Crippen molar-refractivity contribution in [2.75, 3.05) is 7.11 Å². The van der Waals surface area contributed by atoms with Crippen molar-refractivity contribution in [1.29, 1.82) is 0 Å². The molecule has 0 radical (unpaired) electrons. The maximum atomic E-state index is 13.2. The van der Waals surface area contributed by atoms with Gasteiger partial charge in [0.15, 0.2) is 0 Å². The average molecular weight is 310 g/mol. The highest BCUT2D eigenvalue weighted by Gasteiger charge is 2.07. The smallest absolute Gasteiger partial charge is 0.274 e. The maximum absolute atomic E-state index is 13.2. The molecule has 0 amide bonds. The van der Waals surface area contributed by atoms with Gasteiger partial charge in [-0.2, -0.15) is 5.10 Å². The Morgan fingerprint density at radius 3 is 2.65 bits per heavy atom. The molecule has 23 heavy (non-hydrogen) atoms. The molecule has 0 N–H and O–H groups in total. The lowest BCUT2D eigenvalue weighted by atomic mass is 10.1. The third-order valence-electron chi connectivity index (χ3n) is 3.66. The number of rotatable bonds is 4. The lowest BCUT2D eigenvalue weighted by Crippen LogP contribution is -2.23. The third kappa shape index (κ3) is 2.99. The number of methoxy groups -OCH3 is 1. The van der Waals surface area contributed by atoms with E-state index in [1.165, 1.54) is 4.68 Å². The van der Waals surface area contributed by atoms with Gasteiger partial charge < -0.3 is 4.74 Å². The Bertz CT molecular complexity index is 930. The molecule has 0 aliphatic rings. The van der Waals surface area contributed by atoms with E-state index in [2.05, 4.69) is 11.7 Å². The van der Waals surface area contributed by atoms with E-state index < -0.39 is 5.83 Å². The first kappa shape index (κ1) is 15.0. The topological polar surface area (TPSA) is 44.1 Å². The van der Waals surface area contributed by atoms with Crippen molar-refractivity contribution in [3.05, 3.63) is 76.7 Å². The zero-order valence-electron chi connectivity index (χ0n) is 12.6. The zero-order valence-corrected chi connectivity index (χ0v) is 12.6. The second kappa shape index (κ2) is 6.04. The van der Waals surface area contributed by atoms with Crippen LogP contribution in [0, 0.1) is 0 Å². The van der Waals surface area contributed by atoms with E-state index in [0.717, 1.165) is 11.3 Å². The van der Waals surface area contributed by atoms with Gasteiger partial charge in [0.2, 0.25) is 0 Å². The van der Waals surface area contributed by atoms with E-state index in [-0.39, 0.29) is 5.56 Å². The Hall–Kier alpha value is -2.95. The van der Waals surface area contributed by atoms with Crippen LogP contribution in [0.3, 0.4) is 0 Å². The molecule has 3 rings (SSSR count). The summed E-state index contributed by atoms with van der Waals surface area (Å²) in [4.78, 5) is 12.5. The van der Waals surface area contributed by atoms with E-state index in [4.69, 9.17) is 4.74 Å². The second-order valence-electron chi connectivity index (χ2n) is 5.16. The van der Waals surface area contributed by atoms with Gasteiger partial charge in [-0.15, -0.1) is 0 Å². The van der Waals surface area contributed by atoms with Gasteiger partial charge in [-0.3, -0.25) is 4.79 Å². The SMILES string of the molecule is C=C(F)c1ccc2c(=O)n(Cc3ccc(OC)cc3)ncc2c1. The Kier molecular flexibility index (Phi) is 3.93. The number of hydrogen-bond donors (Lipinski definition) is 0. The Morgan fingerprint density at radius 2 is 2.00 bits per heavy atom. The van der Waals surface area contributed by atoms with E-state index >= 15 is 0 Å². The molecule has 5 heteroatoms. The molecule has 0 saturated heterocycles. The summed E-state index contributed by atoms with van der Waals surface area (Å²) in [7, 11) is 1.60. The Balaban J connectivity index is 1.98. The van der Waals surface area contributed by atoms with Crippen LogP contribution in [0.4, 0.5) is 4.39 Å². The molecular weight excluding hydrogens is 295 g/mol. The molecule has 0 fully saturated rings. The maximum Gasteiger partial charge on any atom is 0.274 e. The van der Waals surface area contributed by atoms with Crippen LogP contribution in [0.15, 0.2) is 60.0 Å². The van der Waals surface area contributed by atoms with Crippen molar-refractivity contribution in [2.24, 2.45) is 0 Å². The van der Waals surface area contributed by atoms with Crippen molar-refractivity contribution < 1.29 is 9.13 Å². The van der Waals surface area contributed by atoms with Crippen molar-refractivity contribution in [1.82, 2.24) is 9.78 Å². The molecular formula is C18H15FN2O2. The molecule has 2 aromatic carbocycles. The molecule has 0 atom stereocenters. The summed E-state index contributed by atoms with van der Waals surface area (Å²) in [6.45, 7) is 3.62. The molecule has 1 aromatic heterocycles. The quantitative estimate of drug-likeness (QED) is 0.742. The van der Waals surface area contributed by atoms with Crippen LogP contribution >= 0.6 is 0 Å². The average Bonchev–Trinajstić information content (AvgIpc) is 2.57. The van der Waals surface area contributed by atoms with Gasteiger partial charge in [0.25, 0.3) is 5.56 Å². The van der Waals surface area contributed by atoms with Gasteiger partial charge >= 0.3 is 0 Å². The fourth-order valence-electron chi connectivity index (χ4n) is 2.37. The minimum absolute atomic E-state index is 0.214. The van der Waals surface area contributed by atoms with Crippen LogP contribution in [-0.4, -0.2) is 16.9 Å². The van der Waals surface area contributed by atoms with Crippen molar-refractivity contribution in [2.45, 2.75) is 6.54 Å². The minimum atomic E-state index is -0.533. The summed E-state index contributed by atoms with van der Waals surface area (Å²) in [5, 5.41) is 5.26. The molecule has 0 aliphatic heterocycles. The molecule has 0 spiro atoms. The number of nitrogens with zero attached hydrogens (tertiary/aromatic N) is 2. The molecule has 0 bridgehead atoms. The molecule has 0 aliphatic carbocycles. The lowest BCUT2D eigenvalue weighted by molar-refractivity contribution is 0.414. The number of aromatic nitrogens is 2. The normalized spacial score (nSPS) is 10.7. The standard InChI is InChI=1S/C18H15FN2O2/c1-12(19)14-5-8-17-15(9-14)10-20-21(18(17)22)11-13-3-6-16(23-2)7-4-13/h3-10H,1,11H2,2H3. The second-order valence-corrected chi connectivity index (χ2v) is 5.16. The number of fused-ring (bicyclic) bond motifs is 1. The molecule has 4 nitrogen and oxygen atoms in total. The predicted molar refractivity (Wildman–Crippen MR) is 88.2 cm³/mol. The van der Waals surface area contributed by atoms with Crippen LogP contribution in [-0.2, 0) is 6.54 Å². The van der Waals surface area contributed by atoms with Gasteiger partial charge in [0.1, 0.15) is 11.6 Å². The monoisotopic (exact) mass is 310 g/mol. The van der Waals surface area contributed by atoms with Crippen LogP contribution < -0.4 is 10.3 Å². The van der Waals surface area contributed by atoms with Crippen LogP contribution in [0.2, 0.25) is 0 Å². The summed E-state index contributed by atoms with van der Waals surface area (Å²) in [5.74, 6) is 0.223. The third-order valence-corrected chi connectivity index (χ3v) is 3.66.